The van der Waals surface area contributed by atoms with Gasteiger partial charge < -0.3 is 4.55 Å². The van der Waals surface area contributed by atoms with Crippen LogP contribution in [0.15, 0.2) is 12.2 Å². The Balaban J connectivity index is 2.46. The summed E-state index contributed by atoms with van der Waals surface area (Å²) in [6, 6.07) is 0. The highest BCUT2D eigenvalue weighted by atomic mass is 32.3. The van der Waals surface area contributed by atoms with Gasteiger partial charge >= 0.3 is 0 Å². The summed E-state index contributed by atoms with van der Waals surface area (Å²) in [5.74, 6) is 1.46. The van der Waals surface area contributed by atoms with Gasteiger partial charge in [0.2, 0.25) is 0 Å². The largest absolute Gasteiger partial charge is 0.352 e. The highest BCUT2D eigenvalue weighted by Crippen LogP contribution is 2.38. The highest BCUT2D eigenvalue weighted by Gasteiger charge is 2.18. The molecule has 0 aromatic heterocycles. The number of allylic oxidation sites excluding steroid dienone is 2. The Morgan fingerprint density at radius 3 is 2.75 bits per heavy atom. The predicted molar refractivity (Wildman–Crippen MR) is 53.8 cm³/mol. The molecule has 1 aliphatic carbocycles. The Morgan fingerprint density at radius 2 is 2.33 bits per heavy atom. The van der Waals surface area contributed by atoms with Crippen molar-refractivity contribution in [2.24, 2.45) is 5.92 Å². The molecule has 2 nitrogen and oxygen atoms in total. The molecule has 0 saturated heterocycles. The van der Waals surface area contributed by atoms with Gasteiger partial charge in [0.1, 0.15) is 0 Å². The third kappa shape index (κ3) is 3.41. The van der Waals surface area contributed by atoms with E-state index in [1.54, 1.807) is 6.08 Å². The van der Waals surface area contributed by atoms with Gasteiger partial charge in [0, 0.05) is 12.2 Å². The summed E-state index contributed by atoms with van der Waals surface area (Å²) < 4.78 is 9.60. The van der Waals surface area contributed by atoms with Crippen molar-refractivity contribution in [3.63, 3.8) is 0 Å². The quantitative estimate of drug-likeness (QED) is 0.720. The van der Waals surface area contributed by atoms with Crippen LogP contribution in [0.25, 0.3) is 0 Å². The van der Waals surface area contributed by atoms with E-state index in [0.29, 0.717) is 12.3 Å². The minimum atomic E-state index is -1.40. The third-order valence-corrected chi connectivity index (χ3v) is 3.18. The zero-order chi connectivity index (χ0) is 9.19. The van der Waals surface area contributed by atoms with Crippen LogP contribution in [0, 0.1) is 5.92 Å². The Labute approximate surface area is 75.2 Å². The molecule has 0 aromatic rings. The average molecular weight is 188 g/mol. The van der Waals surface area contributed by atoms with Crippen LogP contribution in [-0.4, -0.2) is 28.6 Å². The van der Waals surface area contributed by atoms with Crippen LogP contribution in [0.4, 0.5) is 0 Å². The van der Waals surface area contributed by atoms with Gasteiger partial charge in [0.05, 0.1) is 0 Å². The molecule has 0 saturated carbocycles. The van der Waals surface area contributed by atoms with Crippen molar-refractivity contribution >= 4 is 16.1 Å². The van der Waals surface area contributed by atoms with Gasteiger partial charge in [0.25, 0.3) is 0 Å². The van der Waals surface area contributed by atoms with Crippen molar-refractivity contribution < 1.29 is 9.35 Å². The van der Waals surface area contributed by atoms with E-state index in [1.165, 1.54) is 0 Å². The van der Waals surface area contributed by atoms with Crippen molar-refractivity contribution in [2.75, 3.05) is 18.3 Å². The standard InChI is InChI=1S/C9H16O2S/c1-12(2,11)7-8-3-5-9(10)6-4-8/h3,5,8,11H,4,6-7H2,1-2H3. The zero-order valence-corrected chi connectivity index (χ0v) is 8.43. The van der Waals surface area contributed by atoms with Crippen LogP contribution < -0.4 is 0 Å². The van der Waals surface area contributed by atoms with Gasteiger partial charge in [-0.15, -0.1) is 10.3 Å². The minimum Gasteiger partial charge on any atom is -0.352 e. The molecule has 0 aliphatic heterocycles. The number of carbonyl (C=O) groups excluding carboxylic acids is 1. The van der Waals surface area contributed by atoms with Crippen molar-refractivity contribution in [2.45, 2.75) is 12.8 Å². The molecular weight excluding hydrogens is 172 g/mol. The number of carbonyl (C=O) groups is 1. The average Bonchev–Trinajstić information content (AvgIpc) is 1.91. The van der Waals surface area contributed by atoms with E-state index in [4.69, 9.17) is 0 Å². The first-order chi connectivity index (χ1) is 5.47. The molecule has 1 aliphatic rings. The fourth-order valence-electron chi connectivity index (χ4n) is 1.41. The lowest BCUT2D eigenvalue weighted by molar-refractivity contribution is -0.115. The number of rotatable bonds is 2. The Morgan fingerprint density at radius 1 is 1.67 bits per heavy atom. The molecule has 0 bridgehead atoms. The molecular formula is C9H16O2S. The molecule has 0 amide bonds. The second-order valence-electron chi connectivity index (χ2n) is 3.77. The summed E-state index contributed by atoms with van der Waals surface area (Å²) in [6.45, 7) is 0. The zero-order valence-electron chi connectivity index (χ0n) is 7.62. The predicted octanol–water partition coefficient (Wildman–Crippen LogP) is 2.06. The second kappa shape index (κ2) is 3.62. The fourth-order valence-corrected chi connectivity index (χ4v) is 2.74. The van der Waals surface area contributed by atoms with Crippen LogP contribution in [-0.2, 0) is 4.79 Å². The molecule has 1 N–H and O–H groups in total. The second-order valence-corrected chi connectivity index (χ2v) is 7.06. The number of hydrogen-bond acceptors (Lipinski definition) is 2. The molecule has 1 unspecified atom stereocenters. The number of hydrogen-bond donors (Lipinski definition) is 1. The van der Waals surface area contributed by atoms with E-state index in [9.17, 15) is 9.35 Å². The van der Waals surface area contributed by atoms with Crippen LogP contribution >= 0.6 is 10.3 Å². The first-order valence-electron chi connectivity index (χ1n) is 4.12. The fraction of sp³-hybridized carbons (Fsp3) is 0.667. The van der Waals surface area contributed by atoms with Gasteiger partial charge in [0.15, 0.2) is 5.78 Å². The van der Waals surface area contributed by atoms with E-state index in [0.717, 1.165) is 12.2 Å². The first kappa shape index (κ1) is 9.81. The summed E-state index contributed by atoms with van der Waals surface area (Å²) in [7, 11) is -1.40. The summed E-state index contributed by atoms with van der Waals surface area (Å²) >= 11 is 0. The first-order valence-corrected chi connectivity index (χ1v) is 6.69. The van der Waals surface area contributed by atoms with Gasteiger partial charge in [-0.1, -0.05) is 6.08 Å². The molecule has 0 heterocycles. The SMILES string of the molecule is CS(C)(O)CC1C=CC(=O)CC1. The van der Waals surface area contributed by atoms with Crippen molar-refractivity contribution in [3.8, 4) is 0 Å². The minimum absolute atomic E-state index is 0.219. The highest BCUT2D eigenvalue weighted by molar-refractivity contribution is 8.28. The van der Waals surface area contributed by atoms with Gasteiger partial charge in [-0.25, -0.2) is 0 Å². The monoisotopic (exact) mass is 188 g/mol. The van der Waals surface area contributed by atoms with Crippen molar-refractivity contribution in [3.05, 3.63) is 12.2 Å². The van der Waals surface area contributed by atoms with Crippen molar-refractivity contribution in [1.29, 1.82) is 0 Å². The van der Waals surface area contributed by atoms with Gasteiger partial charge in [-0.2, -0.15) is 0 Å². The molecule has 1 atom stereocenters. The lowest BCUT2D eigenvalue weighted by atomic mass is 9.97. The Bertz CT molecular complexity index is 203. The normalized spacial score (nSPS) is 25.9. The summed E-state index contributed by atoms with van der Waals surface area (Å²) in [5.41, 5.74) is 0. The van der Waals surface area contributed by atoms with E-state index in [-0.39, 0.29) is 5.78 Å². The molecule has 1 rings (SSSR count). The molecule has 0 radical (unpaired) electrons. The van der Waals surface area contributed by atoms with Crippen LogP contribution in [0.5, 0.6) is 0 Å². The maximum absolute atomic E-state index is 10.8. The van der Waals surface area contributed by atoms with Gasteiger partial charge in [-0.05, 0) is 30.9 Å². The van der Waals surface area contributed by atoms with E-state index >= 15 is 0 Å². The molecule has 70 valence electrons. The molecule has 0 fully saturated rings. The van der Waals surface area contributed by atoms with E-state index in [2.05, 4.69) is 0 Å². The summed E-state index contributed by atoms with van der Waals surface area (Å²) in [4.78, 5) is 10.8. The maximum atomic E-state index is 10.8. The third-order valence-electron chi connectivity index (χ3n) is 1.94. The molecule has 0 spiro atoms. The van der Waals surface area contributed by atoms with Crippen LogP contribution in [0.3, 0.4) is 0 Å². The Kier molecular flexibility index (Phi) is 2.96. The maximum Gasteiger partial charge on any atom is 0.155 e. The van der Waals surface area contributed by atoms with Crippen LogP contribution in [0.2, 0.25) is 0 Å². The van der Waals surface area contributed by atoms with Gasteiger partial charge in [-0.3, -0.25) is 4.79 Å². The lowest BCUT2D eigenvalue weighted by Gasteiger charge is -2.28. The Hall–Kier alpha value is -0.280. The lowest BCUT2D eigenvalue weighted by Crippen LogP contribution is -2.15. The van der Waals surface area contributed by atoms with Crippen LogP contribution in [0.1, 0.15) is 12.8 Å². The summed E-state index contributed by atoms with van der Waals surface area (Å²) in [6.07, 6.45) is 8.92. The molecule has 12 heavy (non-hydrogen) atoms. The smallest absolute Gasteiger partial charge is 0.155 e. The number of ketones is 1. The van der Waals surface area contributed by atoms with Crippen molar-refractivity contribution in [1.82, 2.24) is 0 Å². The summed E-state index contributed by atoms with van der Waals surface area (Å²) in [5, 5.41) is 0. The molecule has 3 heteroatoms. The molecule has 0 aromatic carbocycles. The topological polar surface area (TPSA) is 37.3 Å². The van der Waals surface area contributed by atoms with E-state index in [1.807, 2.05) is 18.6 Å². The van der Waals surface area contributed by atoms with E-state index < -0.39 is 10.3 Å².